The largest absolute Gasteiger partial charge is 0.376 e. The number of aliphatic imine (C=N–C) groups is 1. The van der Waals surface area contributed by atoms with Crippen molar-refractivity contribution >= 4 is 24.2 Å². The Labute approximate surface area is 152 Å². The first-order valence-corrected chi connectivity index (χ1v) is 7.85. The molecule has 1 heterocycles. The predicted octanol–water partition coefficient (Wildman–Crippen LogP) is 0.954. The van der Waals surface area contributed by atoms with Crippen LogP contribution in [0.4, 0.5) is 5.82 Å². The molecular formula is C18H23N6O2+. The van der Waals surface area contributed by atoms with Crippen molar-refractivity contribution in [2.45, 2.75) is 0 Å². The number of carbonyl (C=O) groups excluding carboxylic acids is 1. The molecule has 0 radical (unpaired) electrons. The minimum absolute atomic E-state index is 0.0863. The standard InChI is InChI=1S/C18H22N6O2/c1-20-11-12-9-14(16(22(2)3)10-13(12)19)21-18(25)15-7-6-8-17(23(4)5)24(15)26/h6-11,19H,1H2,2-5H3,(H-,21,25,26)/p+1. The fourth-order valence-electron chi connectivity index (χ4n) is 2.47. The van der Waals surface area contributed by atoms with Crippen LogP contribution in [-0.2, 0) is 0 Å². The van der Waals surface area contributed by atoms with Crippen LogP contribution in [0.25, 0.3) is 0 Å². The number of hydrogen-bond acceptors (Lipinski definition) is 6. The molecule has 0 bridgehead atoms. The summed E-state index contributed by atoms with van der Waals surface area (Å²) in [5.41, 5.74) is 2.05. The summed E-state index contributed by atoms with van der Waals surface area (Å²) in [5, 5.41) is 21.2. The highest BCUT2D eigenvalue weighted by Crippen LogP contribution is 2.21. The number of likely N-dealkylation sites (N-methyl/N-ethyl adjacent to an activating group) is 1. The van der Waals surface area contributed by atoms with Gasteiger partial charge >= 0.3 is 5.82 Å². The third-order valence-electron chi connectivity index (χ3n) is 3.76. The maximum Gasteiger partial charge on any atom is 0.316 e. The molecule has 1 aliphatic carbocycles. The van der Waals surface area contributed by atoms with E-state index >= 15 is 0 Å². The molecule has 0 saturated carbocycles. The average molecular weight is 355 g/mol. The van der Waals surface area contributed by atoms with Gasteiger partial charge < -0.3 is 20.8 Å². The molecule has 8 nitrogen and oxygen atoms in total. The van der Waals surface area contributed by atoms with E-state index in [-0.39, 0.29) is 11.4 Å². The van der Waals surface area contributed by atoms with Crippen LogP contribution in [0, 0.1) is 5.41 Å². The number of hydrogen-bond donors (Lipinski definition) is 3. The van der Waals surface area contributed by atoms with Crippen molar-refractivity contribution in [3.05, 3.63) is 59.2 Å². The van der Waals surface area contributed by atoms with E-state index in [0.717, 1.165) is 4.73 Å². The second-order valence-corrected chi connectivity index (χ2v) is 6.09. The van der Waals surface area contributed by atoms with Crippen LogP contribution in [0.1, 0.15) is 10.5 Å². The molecule has 1 aliphatic rings. The van der Waals surface area contributed by atoms with Crippen molar-refractivity contribution in [2.75, 3.05) is 33.1 Å². The third kappa shape index (κ3) is 3.80. The van der Waals surface area contributed by atoms with Gasteiger partial charge in [0.1, 0.15) is 0 Å². The molecule has 26 heavy (non-hydrogen) atoms. The van der Waals surface area contributed by atoms with Crippen LogP contribution in [0.15, 0.2) is 58.5 Å². The zero-order valence-corrected chi connectivity index (χ0v) is 15.3. The number of aromatic nitrogens is 1. The van der Waals surface area contributed by atoms with Crippen molar-refractivity contribution in [2.24, 2.45) is 4.99 Å². The van der Waals surface area contributed by atoms with Crippen molar-refractivity contribution in [1.29, 1.82) is 5.41 Å². The topological polar surface area (TPSA) is 95.9 Å². The lowest BCUT2D eigenvalue weighted by Crippen LogP contribution is -2.45. The predicted molar refractivity (Wildman–Crippen MR) is 101 cm³/mol. The summed E-state index contributed by atoms with van der Waals surface area (Å²) in [6, 6.07) is 4.91. The van der Waals surface area contributed by atoms with E-state index in [0.29, 0.717) is 22.8 Å². The zero-order chi connectivity index (χ0) is 19.4. The number of nitrogens with zero attached hydrogens (tertiary/aromatic N) is 4. The second-order valence-electron chi connectivity index (χ2n) is 6.09. The smallest absolute Gasteiger partial charge is 0.316 e. The Morgan fingerprint density at radius 2 is 1.96 bits per heavy atom. The molecule has 1 amide bonds. The molecular weight excluding hydrogens is 332 g/mol. The van der Waals surface area contributed by atoms with Gasteiger partial charge in [-0.05, 0) is 35.7 Å². The highest BCUT2D eigenvalue weighted by Gasteiger charge is 2.24. The fraction of sp³-hybridized carbons (Fsp3) is 0.222. The van der Waals surface area contributed by atoms with Gasteiger partial charge in [-0.25, -0.2) is 0 Å². The summed E-state index contributed by atoms with van der Waals surface area (Å²) in [6.45, 7) is 3.40. The molecule has 0 atom stereocenters. The fourth-order valence-corrected chi connectivity index (χ4v) is 2.47. The first-order chi connectivity index (χ1) is 12.3. The third-order valence-corrected chi connectivity index (χ3v) is 3.76. The molecule has 0 saturated heterocycles. The molecule has 0 spiro atoms. The van der Waals surface area contributed by atoms with Gasteiger partial charge in [0.15, 0.2) is 0 Å². The summed E-state index contributed by atoms with van der Waals surface area (Å²) in [4.78, 5) is 19.9. The molecule has 1 aromatic heterocycles. The maximum absolute atomic E-state index is 12.7. The zero-order valence-electron chi connectivity index (χ0n) is 15.3. The lowest BCUT2D eigenvalue weighted by Gasteiger charge is -2.24. The Morgan fingerprint density at radius 1 is 1.27 bits per heavy atom. The second kappa shape index (κ2) is 7.64. The van der Waals surface area contributed by atoms with Crippen molar-refractivity contribution in [3.8, 4) is 0 Å². The van der Waals surface area contributed by atoms with Crippen LogP contribution in [0.2, 0.25) is 0 Å². The Balaban J connectivity index is 2.40. The molecule has 2 rings (SSSR count). The first kappa shape index (κ1) is 18.9. The quantitative estimate of drug-likeness (QED) is 0.416. The van der Waals surface area contributed by atoms with Crippen LogP contribution in [0.5, 0.6) is 0 Å². The van der Waals surface area contributed by atoms with E-state index in [4.69, 9.17) is 5.41 Å². The highest BCUT2D eigenvalue weighted by atomic mass is 16.5. The van der Waals surface area contributed by atoms with E-state index in [1.807, 2.05) is 14.1 Å². The summed E-state index contributed by atoms with van der Waals surface area (Å²) >= 11 is 0. The van der Waals surface area contributed by atoms with Gasteiger partial charge in [-0.1, -0.05) is 0 Å². The normalized spacial score (nSPS) is 15.2. The van der Waals surface area contributed by atoms with Gasteiger partial charge in [-0.2, -0.15) is 0 Å². The van der Waals surface area contributed by atoms with Gasteiger partial charge in [0, 0.05) is 31.9 Å². The molecule has 8 heteroatoms. The molecule has 0 fully saturated rings. The maximum atomic E-state index is 12.7. The van der Waals surface area contributed by atoms with Gasteiger partial charge in [0.25, 0.3) is 5.91 Å². The molecule has 1 aromatic rings. The minimum Gasteiger partial charge on any atom is -0.376 e. The first-order valence-electron chi connectivity index (χ1n) is 7.85. The van der Waals surface area contributed by atoms with E-state index < -0.39 is 5.91 Å². The van der Waals surface area contributed by atoms with Crippen molar-refractivity contribution < 1.29 is 14.7 Å². The molecule has 3 N–H and O–H groups in total. The highest BCUT2D eigenvalue weighted by molar-refractivity contribution is 6.10. The molecule has 0 aromatic carbocycles. The number of amides is 1. The summed E-state index contributed by atoms with van der Waals surface area (Å²) in [6.07, 6.45) is 4.74. The van der Waals surface area contributed by atoms with Crippen molar-refractivity contribution in [1.82, 2.24) is 10.2 Å². The Morgan fingerprint density at radius 3 is 2.54 bits per heavy atom. The van der Waals surface area contributed by atoms with E-state index in [1.165, 1.54) is 12.3 Å². The van der Waals surface area contributed by atoms with Crippen LogP contribution >= 0.6 is 0 Å². The van der Waals surface area contributed by atoms with Gasteiger partial charge in [-0.3, -0.25) is 14.7 Å². The Kier molecular flexibility index (Phi) is 5.56. The average Bonchev–Trinajstić information content (AvgIpc) is 2.57. The lowest BCUT2D eigenvalue weighted by atomic mass is 10.0. The lowest BCUT2D eigenvalue weighted by molar-refractivity contribution is -0.895. The summed E-state index contributed by atoms with van der Waals surface area (Å²) < 4.78 is 0.835. The monoisotopic (exact) mass is 355 g/mol. The van der Waals surface area contributed by atoms with Crippen LogP contribution in [-0.4, -0.2) is 56.6 Å². The minimum atomic E-state index is -0.477. The van der Waals surface area contributed by atoms with E-state index in [2.05, 4.69) is 17.0 Å². The van der Waals surface area contributed by atoms with Gasteiger partial charge in [0.05, 0.1) is 31.2 Å². The van der Waals surface area contributed by atoms with Gasteiger partial charge in [-0.15, -0.1) is 0 Å². The number of allylic oxidation sites excluding steroid dienone is 3. The Bertz CT molecular complexity index is 849. The molecule has 136 valence electrons. The molecule has 0 aliphatic heterocycles. The molecule has 0 unspecified atom stereocenters. The van der Waals surface area contributed by atoms with Crippen LogP contribution in [0.3, 0.4) is 0 Å². The number of rotatable bonds is 5. The van der Waals surface area contributed by atoms with Gasteiger partial charge in [0.2, 0.25) is 5.69 Å². The van der Waals surface area contributed by atoms with E-state index in [1.54, 1.807) is 48.2 Å². The number of pyridine rings is 1. The van der Waals surface area contributed by atoms with E-state index in [9.17, 15) is 10.0 Å². The number of carbonyl (C=O) groups is 1. The van der Waals surface area contributed by atoms with Crippen LogP contribution < -0.4 is 14.9 Å². The number of nitrogens with one attached hydrogen (secondary N) is 2. The van der Waals surface area contributed by atoms with Crippen molar-refractivity contribution in [3.63, 3.8) is 0 Å². The number of anilines is 1. The summed E-state index contributed by atoms with van der Waals surface area (Å²) in [7, 11) is 7.17. The summed E-state index contributed by atoms with van der Waals surface area (Å²) in [5.74, 6) is -0.00795. The Hall–Kier alpha value is -3.42. The SMILES string of the molecule is C=N/C=C1/C=C(NC(=O)c2cccc(N(C)C)[n+]2O)C(N(C)C)=CC1=N.